The van der Waals surface area contributed by atoms with Gasteiger partial charge in [0.25, 0.3) is 5.91 Å². The van der Waals surface area contributed by atoms with Gasteiger partial charge in [-0.25, -0.2) is 9.48 Å². The van der Waals surface area contributed by atoms with Gasteiger partial charge in [0, 0.05) is 12.2 Å². The highest BCUT2D eigenvalue weighted by Crippen LogP contribution is 2.22. The van der Waals surface area contributed by atoms with Crippen molar-refractivity contribution in [2.75, 3.05) is 11.9 Å². The predicted octanol–water partition coefficient (Wildman–Crippen LogP) is 3.17. The van der Waals surface area contributed by atoms with Crippen molar-refractivity contribution in [3.63, 3.8) is 0 Å². The van der Waals surface area contributed by atoms with E-state index in [4.69, 9.17) is 4.74 Å². The van der Waals surface area contributed by atoms with Crippen molar-refractivity contribution in [2.45, 2.75) is 34.2 Å². The lowest BCUT2D eigenvalue weighted by molar-refractivity contribution is -0.119. The van der Waals surface area contributed by atoms with Gasteiger partial charge in [-0.05, 0) is 57.0 Å². The molecule has 3 rings (SSSR count). The number of amides is 1. The number of anilines is 1. The van der Waals surface area contributed by atoms with Crippen molar-refractivity contribution < 1.29 is 14.3 Å². The Bertz CT molecular complexity index is 1000. The molecule has 27 heavy (non-hydrogen) atoms. The third kappa shape index (κ3) is 3.97. The molecule has 0 aliphatic heterocycles. The minimum Gasteiger partial charge on any atom is -0.452 e. The van der Waals surface area contributed by atoms with Gasteiger partial charge in [-0.15, -0.1) is 5.10 Å². The maximum absolute atomic E-state index is 12.2. The third-order valence-electron chi connectivity index (χ3n) is 4.32. The lowest BCUT2D eigenvalue weighted by atomic mass is 10.1. The molecule has 0 unspecified atom stereocenters. The average molecular weight is 366 g/mol. The minimum absolute atomic E-state index is 0.334. The fourth-order valence-corrected chi connectivity index (χ4v) is 3.10. The second-order valence-corrected chi connectivity index (χ2v) is 6.51. The molecular weight excluding hydrogens is 344 g/mol. The molecule has 2 aromatic carbocycles. The molecular formula is C20H22N4O3. The quantitative estimate of drug-likeness (QED) is 0.701. The minimum atomic E-state index is -0.574. The summed E-state index contributed by atoms with van der Waals surface area (Å²) in [7, 11) is 0. The number of aromatic nitrogens is 3. The summed E-state index contributed by atoms with van der Waals surface area (Å²) in [6.45, 7) is 8.17. The van der Waals surface area contributed by atoms with Crippen LogP contribution in [0.15, 0.2) is 30.3 Å². The zero-order valence-corrected chi connectivity index (χ0v) is 15.9. The topological polar surface area (TPSA) is 86.1 Å². The van der Waals surface area contributed by atoms with E-state index in [2.05, 4.69) is 15.6 Å². The maximum atomic E-state index is 12.2. The van der Waals surface area contributed by atoms with Gasteiger partial charge in [-0.2, -0.15) is 0 Å². The van der Waals surface area contributed by atoms with Crippen molar-refractivity contribution in [1.82, 2.24) is 15.0 Å². The van der Waals surface area contributed by atoms with Gasteiger partial charge < -0.3 is 10.1 Å². The lowest BCUT2D eigenvalue weighted by Crippen LogP contribution is -2.22. The van der Waals surface area contributed by atoms with Crippen LogP contribution >= 0.6 is 0 Å². The Morgan fingerprint density at radius 3 is 2.48 bits per heavy atom. The van der Waals surface area contributed by atoms with Gasteiger partial charge >= 0.3 is 5.97 Å². The molecule has 0 spiro atoms. The largest absolute Gasteiger partial charge is 0.452 e. The van der Waals surface area contributed by atoms with Crippen LogP contribution < -0.4 is 5.32 Å². The first-order chi connectivity index (χ1) is 12.9. The summed E-state index contributed by atoms with van der Waals surface area (Å²) >= 11 is 0. The molecule has 0 saturated carbocycles. The number of nitrogens with zero attached hydrogens (tertiary/aromatic N) is 3. The zero-order valence-electron chi connectivity index (χ0n) is 15.9. The van der Waals surface area contributed by atoms with Crippen LogP contribution in [0.2, 0.25) is 0 Å². The predicted molar refractivity (Wildman–Crippen MR) is 103 cm³/mol. The summed E-state index contributed by atoms with van der Waals surface area (Å²) in [4.78, 5) is 24.4. The Morgan fingerprint density at radius 1 is 1.11 bits per heavy atom. The molecule has 7 heteroatoms. The van der Waals surface area contributed by atoms with Crippen LogP contribution in [-0.2, 0) is 16.1 Å². The summed E-state index contributed by atoms with van der Waals surface area (Å²) in [5, 5.41) is 10.9. The van der Waals surface area contributed by atoms with Gasteiger partial charge in [0.1, 0.15) is 5.52 Å². The molecule has 1 N–H and O–H groups in total. The first-order valence-electron chi connectivity index (χ1n) is 8.77. The van der Waals surface area contributed by atoms with E-state index in [1.807, 2.05) is 39.8 Å². The summed E-state index contributed by atoms with van der Waals surface area (Å²) in [5.41, 5.74) is 5.61. The van der Waals surface area contributed by atoms with Gasteiger partial charge in [-0.3, -0.25) is 4.79 Å². The Balaban J connectivity index is 1.64. The number of carbonyl (C=O) groups excluding carboxylic acids is 2. The van der Waals surface area contributed by atoms with Gasteiger partial charge in [0.05, 0.1) is 11.1 Å². The maximum Gasteiger partial charge on any atom is 0.338 e. The van der Waals surface area contributed by atoms with E-state index in [9.17, 15) is 9.59 Å². The van der Waals surface area contributed by atoms with E-state index >= 15 is 0 Å². The molecule has 0 bridgehead atoms. The van der Waals surface area contributed by atoms with E-state index in [1.165, 1.54) is 0 Å². The van der Waals surface area contributed by atoms with Crippen molar-refractivity contribution in [3.8, 4) is 0 Å². The fraction of sp³-hybridized carbons (Fsp3) is 0.300. The molecule has 3 aromatic rings. The average Bonchev–Trinajstić information content (AvgIpc) is 3.05. The number of benzene rings is 2. The van der Waals surface area contributed by atoms with Crippen LogP contribution in [-0.4, -0.2) is 33.5 Å². The second kappa shape index (κ2) is 7.57. The SMILES string of the molecule is CCn1nnc2cc(C(=O)OCC(=O)Nc3c(C)cc(C)cc3C)ccc21. The number of esters is 1. The Morgan fingerprint density at radius 2 is 1.81 bits per heavy atom. The second-order valence-electron chi connectivity index (χ2n) is 6.51. The highest BCUT2D eigenvalue weighted by molar-refractivity contribution is 5.97. The first-order valence-corrected chi connectivity index (χ1v) is 8.77. The Hall–Kier alpha value is -3.22. The number of nitrogens with one attached hydrogen (secondary N) is 1. The molecule has 0 saturated heterocycles. The molecule has 1 heterocycles. The highest BCUT2D eigenvalue weighted by atomic mass is 16.5. The number of hydrogen-bond acceptors (Lipinski definition) is 5. The van der Waals surface area contributed by atoms with E-state index in [-0.39, 0.29) is 12.5 Å². The van der Waals surface area contributed by atoms with E-state index < -0.39 is 5.97 Å². The summed E-state index contributed by atoms with van der Waals surface area (Å²) in [6, 6.07) is 9.02. The van der Waals surface area contributed by atoms with Crippen molar-refractivity contribution in [3.05, 3.63) is 52.6 Å². The molecule has 7 nitrogen and oxygen atoms in total. The summed E-state index contributed by atoms with van der Waals surface area (Å²) in [5.74, 6) is -0.952. The smallest absolute Gasteiger partial charge is 0.338 e. The zero-order chi connectivity index (χ0) is 19.6. The van der Waals surface area contributed by atoms with Crippen molar-refractivity contribution >= 4 is 28.6 Å². The molecule has 0 fully saturated rings. The van der Waals surface area contributed by atoms with E-state index in [0.717, 1.165) is 27.9 Å². The van der Waals surface area contributed by atoms with Crippen LogP contribution in [0.3, 0.4) is 0 Å². The van der Waals surface area contributed by atoms with Crippen LogP contribution in [0.4, 0.5) is 5.69 Å². The number of aryl methyl sites for hydroxylation is 4. The summed E-state index contributed by atoms with van der Waals surface area (Å²) < 4.78 is 6.88. The van der Waals surface area contributed by atoms with Crippen LogP contribution in [0, 0.1) is 20.8 Å². The van der Waals surface area contributed by atoms with E-state index in [1.54, 1.807) is 22.9 Å². The van der Waals surface area contributed by atoms with Gasteiger partial charge in [-0.1, -0.05) is 22.9 Å². The molecule has 0 aliphatic rings. The molecule has 0 radical (unpaired) electrons. The Kier molecular flexibility index (Phi) is 5.21. The first kappa shape index (κ1) is 18.6. The van der Waals surface area contributed by atoms with Crippen molar-refractivity contribution in [1.29, 1.82) is 0 Å². The lowest BCUT2D eigenvalue weighted by Gasteiger charge is -2.13. The van der Waals surface area contributed by atoms with Crippen molar-refractivity contribution in [2.24, 2.45) is 0 Å². The summed E-state index contributed by atoms with van der Waals surface area (Å²) in [6.07, 6.45) is 0. The molecule has 0 atom stereocenters. The van der Waals surface area contributed by atoms with Crippen LogP contribution in [0.5, 0.6) is 0 Å². The van der Waals surface area contributed by atoms with Crippen LogP contribution in [0.1, 0.15) is 34.0 Å². The van der Waals surface area contributed by atoms with Gasteiger partial charge in [0.15, 0.2) is 6.61 Å². The molecule has 140 valence electrons. The highest BCUT2D eigenvalue weighted by Gasteiger charge is 2.14. The fourth-order valence-electron chi connectivity index (χ4n) is 3.10. The number of rotatable bonds is 5. The normalized spacial score (nSPS) is 10.8. The Labute approximate surface area is 157 Å². The number of hydrogen-bond donors (Lipinski definition) is 1. The molecule has 1 amide bonds. The molecule has 1 aromatic heterocycles. The standard InChI is InChI=1S/C20H22N4O3/c1-5-24-17-7-6-15(10-16(17)22-23-24)20(26)27-11-18(25)21-19-13(3)8-12(2)9-14(19)4/h6-10H,5,11H2,1-4H3,(H,21,25). The third-order valence-corrected chi connectivity index (χ3v) is 4.32. The van der Waals surface area contributed by atoms with Gasteiger partial charge in [0.2, 0.25) is 0 Å². The van der Waals surface area contributed by atoms with Crippen LogP contribution in [0.25, 0.3) is 11.0 Å². The molecule has 0 aliphatic carbocycles. The number of ether oxygens (including phenoxy) is 1. The van der Waals surface area contributed by atoms with E-state index in [0.29, 0.717) is 17.6 Å². The monoisotopic (exact) mass is 366 g/mol. The number of fused-ring (bicyclic) bond motifs is 1. The number of carbonyl (C=O) groups is 2.